The summed E-state index contributed by atoms with van der Waals surface area (Å²) in [6.45, 7) is 0.459. The van der Waals surface area contributed by atoms with Gasteiger partial charge in [-0.05, 0) is 48.5 Å². The number of furan rings is 1. The summed E-state index contributed by atoms with van der Waals surface area (Å²) in [6, 6.07) is 14.9. The monoisotopic (exact) mass is 469 g/mol. The highest BCUT2D eigenvalue weighted by Gasteiger charge is 2.17. The van der Waals surface area contributed by atoms with Crippen LogP contribution in [0.4, 0.5) is 5.69 Å². The molecule has 0 saturated heterocycles. The van der Waals surface area contributed by atoms with Crippen molar-refractivity contribution >= 4 is 39.3 Å². The summed E-state index contributed by atoms with van der Waals surface area (Å²) in [6.07, 6.45) is 5.07. The van der Waals surface area contributed by atoms with Crippen molar-refractivity contribution in [2.75, 3.05) is 11.1 Å². The summed E-state index contributed by atoms with van der Waals surface area (Å²) >= 11 is 4.70. The van der Waals surface area contributed by atoms with Crippen LogP contribution in [0.25, 0.3) is 11.4 Å². The van der Waals surface area contributed by atoms with E-state index in [2.05, 4.69) is 36.4 Å². The van der Waals surface area contributed by atoms with E-state index in [-0.39, 0.29) is 11.7 Å². The molecular weight excluding hydrogens is 454 g/mol. The number of nitrogens with zero attached hydrogens (tertiary/aromatic N) is 4. The third kappa shape index (κ3) is 4.93. The molecule has 0 bridgehead atoms. The SMILES string of the molecule is O=C(CSc1nnc(-c2cccnc2)n1Cc1ccco1)Nc1ccc(Br)cc1. The average Bonchev–Trinajstić information content (AvgIpc) is 3.39. The number of hydrogen-bond acceptors (Lipinski definition) is 6. The number of thioether (sulfide) groups is 1. The highest BCUT2D eigenvalue weighted by molar-refractivity contribution is 9.10. The third-order valence-corrected chi connectivity index (χ3v) is 5.49. The molecule has 29 heavy (non-hydrogen) atoms. The number of amides is 1. The highest BCUT2D eigenvalue weighted by Crippen LogP contribution is 2.25. The van der Waals surface area contributed by atoms with Gasteiger partial charge in [-0.2, -0.15) is 0 Å². The second-order valence-corrected chi connectivity index (χ2v) is 7.92. The Bertz CT molecular complexity index is 1080. The van der Waals surface area contributed by atoms with Gasteiger partial charge in [0.2, 0.25) is 5.91 Å². The maximum atomic E-state index is 12.3. The maximum Gasteiger partial charge on any atom is 0.234 e. The molecular formula is C20H16BrN5O2S. The molecule has 4 aromatic rings. The van der Waals surface area contributed by atoms with Crippen molar-refractivity contribution in [3.05, 3.63) is 77.4 Å². The summed E-state index contributed by atoms with van der Waals surface area (Å²) in [7, 11) is 0. The Labute approximate surface area is 179 Å². The number of hydrogen-bond donors (Lipinski definition) is 1. The van der Waals surface area contributed by atoms with Crippen LogP contribution in [0.3, 0.4) is 0 Å². The molecule has 3 heterocycles. The zero-order chi connectivity index (χ0) is 20.1. The zero-order valence-electron chi connectivity index (χ0n) is 15.2. The smallest absolute Gasteiger partial charge is 0.234 e. The molecule has 0 unspecified atom stereocenters. The van der Waals surface area contributed by atoms with Gasteiger partial charge in [-0.15, -0.1) is 10.2 Å². The van der Waals surface area contributed by atoms with Gasteiger partial charge >= 0.3 is 0 Å². The molecule has 146 valence electrons. The molecule has 1 N–H and O–H groups in total. The molecule has 0 aliphatic carbocycles. The fourth-order valence-corrected chi connectivity index (χ4v) is 3.67. The molecule has 0 spiro atoms. The predicted molar refractivity (Wildman–Crippen MR) is 115 cm³/mol. The first-order chi connectivity index (χ1) is 14.2. The maximum absolute atomic E-state index is 12.3. The van der Waals surface area contributed by atoms with Gasteiger partial charge in [-0.25, -0.2) is 0 Å². The molecule has 0 radical (unpaired) electrons. The van der Waals surface area contributed by atoms with E-state index >= 15 is 0 Å². The first kappa shape index (κ1) is 19.4. The van der Waals surface area contributed by atoms with Gasteiger partial charge in [0.25, 0.3) is 0 Å². The largest absolute Gasteiger partial charge is 0.467 e. The summed E-state index contributed by atoms with van der Waals surface area (Å²) in [5.74, 6) is 1.54. The average molecular weight is 470 g/mol. The minimum Gasteiger partial charge on any atom is -0.467 e. The zero-order valence-corrected chi connectivity index (χ0v) is 17.6. The Balaban J connectivity index is 1.51. The van der Waals surface area contributed by atoms with Crippen LogP contribution in [0.15, 0.2) is 81.2 Å². The summed E-state index contributed by atoms with van der Waals surface area (Å²) < 4.78 is 8.36. The molecule has 1 aromatic carbocycles. The molecule has 0 atom stereocenters. The van der Waals surface area contributed by atoms with E-state index in [1.807, 2.05) is 53.1 Å². The first-order valence-electron chi connectivity index (χ1n) is 8.73. The lowest BCUT2D eigenvalue weighted by atomic mass is 10.2. The Morgan fingerprint density at radius 3 is 2.72 bits per heavy atom. The minimum atomic E-state index is -0.118. The van der Waals surface area contributed by atoms with Crippen LogP contribution < -0.4 is 5.32 Å². The van der Waals surface area contributed by atoms with Crippen molar-refractivity contribution in [3.63, 3.8) is 0 Å². The third-order valence-electron chi connectivity index (χ3n) is 3.99. The van der Waals surface area contributed by atoms with Crippen molar-refractivity contribution in [3.8, 4) is 11.4 Å². The summed E-state index contributed by atoms with van der Waals surface area (Å²) in [5.41, 5.74) is 1.59. The van der Waals surface area contributed by atoms with Gasteiger partial charge in [0.1, 0.15) is 5.76 Å². The van der Waals surface area contributed by atoms with Crippen LogP contribution in [0.2, 0.25) is 0 Å². The van der Waals surface area contributed by atoms with Crippen LogP contribution in [0.1, 0.15) is 5.76 Å². The number of carbonyl (C=O) groups excluding carboxylic acids is 1. The molecule has 0 aliphatic heterocycles. The second kappa shape index (κ2) is 9.06. The van der Waals surface area contributed by atoms with Crippen LogP contribution in [0.5, 0.6) is 0 Å². The highest BCUT2D eigenvalue weighted by atomic mass is 79.9. The number of nitrogens with one attached hydrogen (secondary N) is 1. The number of benzene rings is 1. The Kier molecular flexibility index (Phi) is 6.06. The number of halogens is 1. The summed E-state index contributed by atoms with van der Waals surface area (Å²) in [4.78, 5) is 16.5. The second-order valence-electron chi connectivity index (χ2n) is 6.06. The van der Waals surface area contributed by atoms with Crippen LogP contribution in [0, 0.1) is 0 Å². The van der Waals surface area contributed by atoms with Crippen LogP contribution in [-0.2, 0) is 11.3 Å². The van der Waals surface area contributed by atoms with Crippen LogP contribution in [-0.4, -0.2) is 31.4 Å². The van der Waals surface area contributed by atoms with Crippen molar-refractivity contribution in [1.29, 1.82) is 0 Å². The number of carbonyl (C=O) groups is 1. The van der Waals surface area contributed by atoms with Gasteiger partial charge in [0.15, 0.2) is 11.0 Å². The number of aromatic nitrogens is 4. The van der Waals surface area contributed by atoms with E-state index in [1.54, 1.807) is 18.7 Å². The Hall–Kier alpha value is -2.91. The van der Waals surface area contributed by atoms with E-state index in [9.17, 15) is 4.79 Å². The molecule has 0 aliphatic rings. The molecule has 0 fully saturated rings. The number of anilines is 1. The molecule has 4 rings (SSSR count). The standard InChI is InChI=1S/C20H16BrN5O2S/c21-15-5-7-16(8-6-15)23-18(27)13-29-20-25-24-19(14-3-1-9-22-11-14)26(20)12-17-4-2-10-28-17/h1-11H,12-13H2,(H,23,27). The fraction of sp³-hybridized carbons (Fsp3) is 0.100. The molecule has 3 aromatic heterocycles. The minimum absolute atomic E-state index is 0.118. The fourth-order valence-electron chi connectivity index (χ4n) is 2.67. The number of pyridine rings is 1. The van der Waals surface area contributed by atoms with Crippen LogP contribution >= 0.6 is 27.7 Å². The van der Waals surface area contributed by atoms with Crippen molar-refractivity contribution in [1.82, 2.24) is 19.7 Å². The van der Waals surface area contributed by atoms with Gasteiger partial charge < -0.3 is 9.73 Å². The van der Waals surface area contributed by atoms with Crippen molar-refractivity contribution < 1.29 is 9.21 Å². The lowest BCUT2D eigenvalue weighted by Crippen LogP contribution is -2.14. The van der Waals surface area contributed by atoms with E-state index in [0.717, 1.165) is 21.5 Å². The quantitative estimate of drug-likeness (QED) is 0.401. The van der Waals surface area contributed by atoms with Gasteiger partial charge in [-0.1, -0.05) is 27.7 Å². The van der Waals surface area contributed by atoms with E-state index in [1.165, 1.54) is 11.8 Å². The topological polar surface area (TPSA) is 85.8 Å². The number of rotatable bonds is 7. The van der Waals surface area contributed by atoms with E-state index in [0.29, 0.717) is 17.5 Å². The van der Waals surface area contributed by atoms with E-state index in [4.69, 9.17) is 4.42 Å². The first-order valence-corrected chi connectivity index (χ1v) is 10.5. The molecule has 1 amide bonds. The molecule has 9 heteroatoms. The van der Waals surface area contributed by atoms with Gasteiger partial charge in [-0.3, -0.25) is 14.3 Å². The molecule has 7 nitrogen and oxygen atoms in total. The van der Waals surface area contributed by atoms with Crippen molar-refractivity contribution in [2.24, 2.45) is 0 Å². The lowest BCUT2D eigenvalue weighted by molar-refractivity contribution is -0.113. The van der Waals surface area contributed by atoms with Crippen molar-refractivity contribution in [2.45, 2.75) is 11.7 Å². The van der Waals surface area contributed by atoms with E-state index < -0.39 is 0 Å². The predicted octanol–water partition coefficient (Wildman–Crippen LogP) is 4.47. The Morgan fingerprint density at radius 2 is 2.00 bits per heavy atom. The van der Waals surface area contributed by atoms with Gasteiger partial charge in [0, 0.05) is 28.1 Å². The summed E-state index contributed by atoms with van der Waals surface area (Å²) in [5, 5.41) is 12.1. The molecule has 0 saturated carbocycles. The lowest BCUT2D eigenvalue weighted by Gasteiger charge is -2.09. The normalized spacial score (nSPS) is 10.8. The Morgan fingerprint density at radius 1 is 1.14 bits per heavy atom. The van der Waals surface area contributed by atoms with Gasteiger partial charge in [0.05, 0.1) is 18.6 Å².